The van der Waals surface area contributed by atoms with Crippen LogP contribution in [0.25, 0.3) is 0 Å². The van der Waals surface area contributed by atoms with Gasteiger partial charge < -0.3 is 11.1 Å². The van der Waals surface area contributed by atoms with E-state index < -0.39 is 17.0 Å². The maximum Gasteiger partial charge on any atom is 0.288 e. The number of nitrogens with one attached hydrogen (secondary N) is 1. The highest BCUT2D eigenvalue weighted by atomic mass is 32.2. The van der Waals surface area contributed by atoms with Crippen LogP contribution in [0.15, 0.2) is 18.2 Å². The summed E-state index contributed by atoms with van der Waals surface area (Å²) >= 11 is 0.995. The smallest absolute Gasteiger partial charge is 0.288 e. The van der Waals surface area contributed by atoms with Gasteiger partial charge in [-0.25, -0.2) is 4.39 Å². The molecular formula is C12H12FN3O3S. The van der Waals surface area contributed by atoms with Crippen molar-refractivity contribution in [2.24, 2.45) is 0 Å². The van der Waals surface area contributed by atoms with Gasteiger partial charge in [0.25, 0.3) is 5.24 Å². The van der Waals surface area contributed by atoms with Crippen LogP contribution >= 0.6 is 11.8 Å². The number of carbonyl (C=O) groups excluding carboxylic acids is 3. The lowest BCUT2D eigenvalue weighted by atomic mass is 10.2. The van der Waals surface area contributed by atoms with Crippen LogP contribution in [-0.2, 0) is 9.59 Å². The number of nitrogens with zero attached hydrogens (tertiary/aromatic N) is 1. The Kier molecular flexibility index (Phi) is 4.23. The van der Waals surface area contributed by atoms with Crippen molar-refractivity contribution in [2.75, 3.05) is 23.3 Å². The highest BCUT2D eigenvalue weighted by Gasteiger charge is 2.28. The van der Waals surface area contributed by atoms with Crippen LogP contribution < -0.4 is 11.1 Å². The zero-order valence-electron chi connectivity index (χ0n) is 10.4. The Morgan fingerprint density at radius 2 is 2.20 bits per heavy atom. The van der Waals surface area contributed by atoms with Gasteiger partial charge in [0.05, 0.1) is 11.4 Å². The molecule has 1 heterocycles. The molecule has 1 aliphatic rings. The molecule has 1 aromatic carbocycles. The van der Waals surface area contributed by atoms with E-state index in [9.17, 15) is 18.8 Å². The van der Waals surface area contributed by atoms with Crippen LogP contribution in [0.4, 0.5) is 20.6 Å². The summed E-state index contributed by atoms with van der Waals surface area (Å²) in [6.45, 7) is -0.374. The lowest BCUT2D eigenvalue weighted by molar-refractivity contribution is -0.131. The molecule has 0 unspecified atom stereocenters. The van der Waals surface area contributed by atoms with E-state index in [1.54, 1.807) is 0 Å². The molecule has 8 heteroatoms. The molecule has 1 fully saturated rings. The fraction of sp³-hybridized carbons (Fsp3) is 0.250. The average Bonchev–Trinajstić information content (AvgIpc) is 2.37. The van der Waals surface area contributed by atoms with Gasteiger partial charge in [-0.3, -0.25) is 19.3 Å². The molecule has 3 amide bonds. The number of amides is 3. The second-order valence-corrected chi connectivity index (χ2v) is 5.17. The largest absolute Gasteiger partial charge is 0.397 e. The second-order valence-electron chi connectivity index (χ2n) is 4.12. The first-order valence-electron chi connectivity index (χ1n) is 5.79. The van der Waals surface area contributed by atoms with Crippen molar-refractivity contribution in [1.29, 1.82) is 0 Å². The lowest BCUT2D eigenvalue weighted by Crippen LogP contribution is -2.43. The SMILES string of the molecule is Nc1cc(F)ccc1NC(=O)CN1C(=O)CCSC1=O. The van der Waals surface area contributed by atoms with Crippen LogP contribution in [-0.4, -0.2) is 34.3 Å². The number of imide groups is 1. The van der Waals surface area contributed by atoms with E-state index >= 15 is 0 Å². The van der Waals surface area contributed by atoms with E-state index in [2.05, 4.69) is 5.32 Å². The van der Waals surface area contributed by atoms with Gasteiger partial charge in [0.1, 0.15) is 12.4 Å². The van der Waals surface area contributed by atoms with E-state index in [-0.39, 0.29) is 30.2 Å². The van der Waals surface area contributed by atoms with Crippen molar-refractivity contribution in [2.45, 2.75) is 6.42 Å². The van der Waals surface area contributed by atoms with Gasteiger partial charge in [-0.15, -0.1) is 0 Å². The molecule has 0 radical (unpaired) electrons. The number of carbonyl (C=O) groups is 3. The fourth-order valence-electron chi connectivity index (χ4n) is 1.67. The van der Waals surface area contributed by atoms with Gasteiger partial charge in [-0.2, -0.15) is 0 Å². The Labute approximate surface area is 118 Å². The van der Waals surface area contributed by atoms with Crippen LogP contribution in [0.2, 0.25) is 0 Å². The van der Waals surface area contributed by atoms with Crippen molar-refractivity contribution >= 4 is 40.2 Å². The zero-order valence-corrected chi connectivity index (χ0v) is 11.2. The normalized spacial score (nSPS) is 15.3. The molecule has 0 atom stereocenters. The van der Waals surface area contributed by atoms with Crippen molar-refractivity contribution < 1.29 is 18.8 Å². The molecule has 2 rings (SSSR count). The molecule has 0 saturated carbocycles. The average molecular weight is 297 g/mol. The number of nitrogens with two attached hydrogens (primary N) is 1. The Bertz CT molecular complexity index is 563. The molecule has 0 aromatic heterocycles. The third-order valence-electron chi connectivity index (χ3n) is 2.65. The van der Waals surface area contributed by atoms with E-state index in [4.69, 9.17) is 5.73 Å². The van der Waals surface area contributed by atoms with Gasteiger partial charge in [0.2, 0.25) is 11.8 Å². The van der Waals surface area contributed by atoms with E-state index in [0.717, 1.165) is 28.8 Å². The van der Waals surface area contributed by atoms with Crippen LogP contribution in [0.3, 0.4) is 0 Å². The molecule has 0 bridgehead atoms. The summed E-state index contributed by atoms with van der Waals surface area (Å²) in [6, 6.07) is 3.54. The van der Waals surface area contributed by atoms with E-state index in [0.29, 0.717) is 5.75 Å². The highest BCUT2D eigenvalue weighted by Crippen LogP contribution is 2.20. The van der Waals surface area contributed by atoms with E-state index in [1.165, 1.54) is 6.07 Å². The van der Waals surface area contributed by atoms with Crippen LogP contribution in [0.1, 0.15) is 6.42 Å². The van der Waals surface area contributed by atoms with Gasteiger partial charge in [-0.1, -0.05) is 11.8 Å². The summed E-state index contributed by atoms with van der Waals surface area (Å²) in [5, 5.41) is 2.00. The standard InChI is InChI=1S/C12H12FN3O3S/c13-7-1-2-9(8(14)5-7)15-10(17)6-16-11(18)3-4-20-12(16)19/h1-2,5H,3-4,6,14H2,(H,15,17). The number of halogens is 1. The third-order valence-corrected chi connectivity index (χ3v) is 3.53. The minimum Gasteiger partial charge on any atom is -0.397 e. The zero-order chi connectivity index (χ0) is 14.7. The van der Waals surface area contributed by atoms with Crippen LogP contribution in [0, 0.1) is 5.82 Å². The predicted molar refractivity (Wildman–Crippen MR) is 73.6 cm³/mol. The molecule has 0 aliphatic carbocycles. The van der Waals surface area contributed by atoms with Gasteiger partial charge in [0.15, 0.2) is 0 Å². The monoisotopic (exact) mass is 297 g/mol. The summed E-state index contributed by atoms with van der Waals surface area (Å²) in [7, 11) is 0. The fourth-order valence-corrected chi connectivity index (χ4v) is 2.45. The summed E-state index contributed by atoms with van der Waals surface area (Å²) < 4.78 is 12.9. The van der Waals surface area contributed by atoms with Crippen molar-refractivity contribution in [3.05, 3.63) is 24.0 Å². The Hall–Kier alpha value is -2.09. The quantitative estimate of drug-likeness (QED) is 0.823. The number of hydrogen-bond donors (Lipinski definition) is 2. The van der Waals surface area contributed by atoms with Crippen molar-refractivity contribution in [3.8, 4) is 0 Å². The molecule has 106 valence electrons. The summed E-state index contributed by atoms with van der Waals surface area (Å²) in [5.41, 5.74) is 5.86. The number of nitrogen functional groups attached to an aromatic ring is 1. The van der Waals surface area contributed by atoms with Gasteiger partial charge in [0, 0.05) is 12.2 Å². The molecule has 3 N–H and O–H groups in total. The maximum absolute atomic E-state index is 12.9. The summed E-state index contributed by atoms with van der Waals surface area (Å²) in [4.78, 5) is 35.7. The molecule has 6 nitrogen and oxygen atoms in total. The predicted octanol–water partition coefficient (Wildman–Crippen LogP) is 1.43. The molecule has 1 aromatic rings. The first kappa shape index (κ1) is 14.3. The van der Waals surface area contributed by atoms with Gasteiger partial charge >= 0.3 is 0 Å². The van der Waals surface area contributed by atoms with Crippen LogP contribution in [0.5, 0.6) is 0 Å². The van der Waals surface area contributed by atoms with Crippen molar-refractivity contribution in [1.82, 2.24) is 4.90 Å². The Balaban J connectivity index is 2.01. The minimum atomic E-state index is -0.562. The molecule has 20 heavy (non-hydrogen) atoms. The number of rotatable bonds is 3. The van der Waals surface area contributed by atoms with Crippen molar-refractivity contribution in [3.63, 3.8) is 0 Å². The number of benzene rings is 1. The van der Waals surface area contributed by atoms with Gasteiger partial charge in [-0.05, 0) is 18.2 Å². The number of anilines is 2. The molecule has 1 saturated heterocycles. The first-order chi connectivity index (χ1) is 9.47. The maximum atomic E-state index is 12.9. The molecule has 0 spiro atoms. The number of hydrogen-bond acceptors (Lipinski definition) is 5. The molecule has 1 aliphatic heterocycles. The topological polar surface area (TPSA) is 92.5 Å². The highest BCUT2D eigenvalue weighted by molar-refractivity contribution is 8.13. The second kappa shape index (κ2) is 5.91. The van der Waals surface area contributed by atoms with E-state index in [1.807, 2.05) is 0 Å². The lowest BCUT2D eigenvalue weighted by Gasteiger charge is -2.23. The summed E-state index contributed by atoms with van der Waals surface area (Å²) in [6.07, 6.45) is 0.225. The number of thioether (sulfide) groups is 1. The Morgan fingerprint density at radius 1 is 1.45 bits per heavy atom. The third kappa shape index (κ3) is 3.27. The molecular weight excluding hydrogens is 285 g/mol. The minimum absolute atomic E-state index is 0.0732. The first-order valence-corrected chi connectivity index (χ1v) is 6.78. The summed E-state index contributed by atoms with van der Waals surface area (Å²) in [5.74, 6) is -1.03. The Morgan fingerprint density at radius 3 is 2.85 bits per heavy atom.